The summed E-state index contributed by atoms with van der Waals surface area (Å²) in [5.74, 6) is 18.3. The van der Waals surface area contributed by atoms with Gasteiger partial charge in [0.15, 0.2) is 0 Å². The number of aldehydes is 1. The Bertz CT molecular complexity index is 2080. The fraction of sp³-hybridized carbons (Fsp3) is 0.919. The minimum absolute atomic E-state index is 0.0654. The number of Topliss-reactive ketones (excluding diaryl/α,β-unsaturated/α-hetero) is 2. The predicted octanol–water partition coefficient (Wildman–Crippen LogP) is 29.1. The maximum atomic E-state index is 10.5. The number of amides is 1. The third kappa shape index (κ3) is 396. The molecule has 0 aromatic carbocycles. The third-order valence-corrected chi connectivity index (χ3v) is 17.4. The number of allylic oxidation sites excluding steroid dienone is 1. The van der Waals surface area contributed by atoms with Crippen molar-refractivity contribution in [2.45, 2.75) is 499 Å². The molecule has 0 saturated heterocycles. The fourth-order valence-corrected chi connectivity index (χ4v) is 9.13. The summed E-state index contributed by atoms with van der Waals surface area (Å²) >= 11 is 0. The topological polar surface area (TPSA) is 326 Å². The van der Waals surface area contributed by atoms with Crippen molar-refractivity contribution in [3.63, 3.8) is 0 Å². The first-order chi connectivity index (χ1) is 65.3. The summed E-state index contributed by atoms with van der Waals surface area (Å²) in [7, 11) is 7.94. The first-order valence-electron chi connectivity index (χ1n) is 56.7. The summed E-state index contributed by atoms with van der Waals surface area (Å²) in [6.45, 7) is 119. The molecule has 19 heteroatoms. The van der Waals surface area contributed by atoms with E-state index in [1.165, 1.54) is 70.9 Å². The molecule has 0 aliphatic rings. The molecule has 0 aliphatic carbocycles. The number of aliphatic hydroxyl groups is 4. The molecule has 0 unspecified atom stereocenters. The smallest absolute Gasteiger partial charge is 0.216 e. The lowest BCUT2D eigenvalue weighted by Gasteiger charge is -2.14. The quantitative estimate of drug-likeness (QED) is 0.0116. The van der Waals surface area contributed by atoms with Crippen LogP contribution in [0.4, 0.5) is 0 Å². The molecule has 142 heavy (non-hydrogen) atoms. The minimum Gasteiger partial charge on any atom is -0.396 e. The van der Waals surface area contributed by atoms with Gasteiger partial charge in [0.2, 0.25) is 5.91 Å². The number of unbranched alkanes of at least 4 members (excludes halogenated alkanes) is 2. The summed E-state index contributed by atoms with van der Waals surface area (Å²) in [6, 6.07) is 0.642. The molecule has 1 amide bonds. The Morgan fingerprint density at radius 1 is 0.408 bits per heavy atom. The first-order valence-corrected chi connectivity index (χ1v) is 56.7. The average molecular weight is 2040 g/mol. The van der Waals surface area contributed by atoms with Gasteiger partial charge >= 0.3 is 0 Å². The summed E-state index contributed by atoms with van der Waals surface area (Å²) in [6.07, 6.45) is 38.6. The van der Waals surface area contributed by atoms with Crippen LogP contribution < -0.4 is 49.5 Å². The van der Waals surface area contributed by atoms with Crippen molar-refractivity contribution >= 4 is 23.8 Å². The number of terminal acetylenes is 2. The minimum atomic E-state index is -0.519. The standard InChI is InChI=1S/C8H19N.C7H15NO.C7H17NO.2C7H17N.2C7H14O.C7H16.C6H15N.C6H14O2.C6H14O.C6H12.2C6H10.4C5H13N.C5H12O.C5H10O/c1-7(2)5-6-9-8(3)4;1-6(2)4-5-8-7(3)9;1-3-4-5-8-6-7-9-2;1-7(2)5-6-8(3)4;1-4-8-6-5-7(2)3;2*1-6(8)5-7(2,3)4;1-4-5-6-7(2)3;1-6(2)4-5-7-3;1-5(2)3-6(8)4-7;1-6(2)4-3-5-7;3*1-4-5-6(2)3;6*1-5(2)3-4-6/h7-9H,5-6H2,1-4H3;6H,4-5H2,1-3H3,(H,8,9);8H,3-7H2,1-2H3;7H,5-6H2,1-4H3;7-8H,4-6H2,1-3H3;2*5H2,1-4H3;7H,4-6H2,1-3H3;6-7H,4-5H2,1-3H3;5-8H,3-4H2,1-2H3;6-7H,3-5H2,1-2H3;4,6H,1,5H2,2-3H3;2*1,6H,5H2,2-3H3;4*5H,3-4,6H2,1-2H3;5-6H,3-4H2,1-2H3;4-5H,3H2,1-2H3/t;;;;;;;;;6-;;;;;;;;;;/m.........0........../s1. The lowest BCUT2D eigenvalue weighted by molar-refractivity contribution is -0.119. The Balaban J connectivity index is -0.0000000614. The number of nitrogens with one attached hydrogen (secondary N) is 5. The second-order valence-corrected chi connectivity index (χ2v) is 47.1. The van der Waals surface area contributed by atoms with Crippen molar-refractivity contribution in [2.75, 3.05) is 133 Å². The van der Waals surface area contributed by atoms with Crippen molar-refractivity contribution < 1.29 is 44.3 Å². The van der Waals surface area contributed by atoms with E-state index in [4.69, 9.17) is 60.9 Å². The molecule has 0 aromatic heterocycles. The van der Waals surface area contributed by atoms with Crippen LogP contribution in [-0.2, 0) is 23.9 Å². The number of nitrogens with zero attached hydrogens (tertiary/aromatic N) is 1. The molecular formula is C123H278N10O9. The Kier molecular flexibility index (Phi) is 208. The van der Waals surface area contributed by atoms with Crippen LogP contribution in [0.2, 0.25) is 0 Å². The lowest BCUT2D eigenvalue weighted by atomic mass is 9.90. The highest BCUT2D eigenvalue weighted by Crippen LogP contribution is 2.19. The van der Waals surface area contributed by atoms with Crippen molar-refractivity contribution in [3.8, 4) is 24.7 Å². The number of hydrogen-bond acceptors (Lipinski definition) is 18. The van der Waals surface area contributed by atoms with Gasteiger partial charge in [0.05, 0.1) is 19.3 Å². The molecule has 0 aromatic rings. The van der Waals surface area contributed by atoms with Gasteiger partial charge in [-0.3, -0.25) is 4.79 Å². The van der Waals surface area contributed by atoms with E-state index in [0.29, 0.717) is 80.4 Å². The van der Waals surface area contributed by atoms with Crippen LogP contribution in [0.25, 0.3) is 0 Å². The fourth-order valence-electron chi connectivity index (χ4n) is 9.13. The number of aliphatic hydroxyl groups excluding tert-OH is 4. The van der Waals surface area contributed by atoms with Gasteiger partial charge in [-0.2, -0.15) is 0 Å². The molecule has 0 aliphatic heterocycles. The van der Waals surface area contributed by atoms with E-state index in [0.717, 1.165) is 214 Å². The number of carbonyl (C=O) groups is 4. The lowest BCUT2D eigenvalue weighted by Crippen LogP contribution is -2.24. The molecule has 0 fully saturated rings. The van der Waals surface area contributed by atoms with Crippen LogP contribution in [0.3, 0.4) is 0 Å². The molecule has 0 radical (unpaired) electrons. The van der Waals surface area contributed by atoms with Crippen LogP contribution in [0, 0.1) is 136 Å². The van der Waals surface area contributed by atoms with E-state index >= 15 is 0 Å². The molecule has 19 nitrogen and oxygen atoms in total. The zero-order valence-corrected chi connectivity index (χ0v) is 107. The second-order valence-electron chi connectivity index (χ2n) is 47.1. The molecule has 874 valence electrons. The number of nitrogens with two attached hydrogens (primary N) is 4. The molecule has 1 atom stereocenters. The Hall–Kier alpha value is -3.22. The highest BCUT2D eigenvalue weighted by atomic mass is 16.5. The van der Waals surface area contributed by atoms with Gasteiger partial charge in [0.1, 0.15) is 17.9 Å². The van der Waals surface area contributed by atoms with Crippen molar-refractivity contribution in [1.82, 2.24) is 31.5 Å². The van der Waals surface area contributed by atoms with Crippen LogP contribution in [0.1, 0.15) is 486 Å². The van der Waals surface area contributed by atoms with Crippen LogP contribution in [-0.4, -0.2) is 194 Å². The third-order valence-electron chi connectivity index (χ3n) is 17.4. The number of rotatable bonds is 50. The van der Waals surface area contributed by atoms with E-state index in [2.05, 4.69) is 348 Å². The molecule has 0 bridgehead atoms. The monoisotopic (exact) mass is 2040 g/mol. The number of ketones is 2. The Morgan fingerprint density at radius 2 is 0.732 bits per heavy atom. The van der Waals surface area contributed by atoms with Crippen LogP contribution in [0.15, 0.2) is 12.7 Å². The first kappa shape index (κ1) is 187. The van der Waals surface area contributed by atoms with E-state index in [1.54, 1.807) is 27.9 Å². The van der Waals surface area contributed by atoms with Crippen molar-refractivity contribution in [2.24, 2.45) is 134 Å². The van der Waals surface area contributed by atoms with Crippen molar-refractivity contribution in [3.05, 3.63) is 12.7 Å². The molecule has 0 spiro atoms. The maximum absolute atomic E-state index is 10.5. The van der Waals surface area contributed by atoms with E-state index in [1.807, 2.05) is 40.8 Å². The van der Waals surface area contributed by atoms with Crippen LogP contribution >= 0.6 is 0 Å². The molecule has 0 rings (SSSR count). The normalized spacial score (nSPS) is 10.4. The van der Waals surface area contributed by atoms with Crippen molar-refractivity contribution in [1.29, 1.82) is 0 Å². The molecular weight excluding hydrogens is 1760 g/mol. The summed E-state index contributed by atoms with van der Waals surface area (Å²) < 4.78 is 4.86. The zero-order valence-electron chi connectivity index (χ0n) is 107. The number of carbonyl (C=O) groups excluding carboxylic acids is 4. The van der Waals surface area contributed by atoms with Gasteiger partial charge in [-0.05, 0) is 308 Å². The van der Waals surface area contributed by atoms with Gasteiger partial charge in [-0.15, -0.1) is 31.3 Å². The van der Waals surface area contributed by atoms with E-state index < -0.39 is 6.10 Å². The van der Waals surface area contributed by atoms with E-state index in [9.17, 15) is 19.2 Å². The maximum Gasteiger partial charge on any atom is 0.216 e. The molecule has 17 N–H and O–H groups in total. The van der Waals surface area contributed by atoms with E-state index in [-0.39, 0.29) is 34.9 Å². The SMILES string of the molecule is C#CCC(C)C.C#CCC(C)C.C=CCC(C)C.CC(=O)CC(C)(C)C.CC(=O)CC(C)(C)C.CC(=O)NCCC(C)C.CC(C)CC=O.CC(C)CCCO.CC(C)CCN.CC(C)CCN.CC(C)CCN.CC(C)CCN.CC(C)CCN(C)C.CC(C)CCNC(C)C.CC(C)CCO.CC(C)C[C@H](O)CO.CCCCC(C)C.CCCCNCCOC.CCNCCC(C)C.CNCCC(C)C. The average Bonchev–Trinajstić information content (AvgIpc) is 0.975. The van der Waals surface area contributed by atoms with Crippen LogP contribution in [0.5, 0.6) is 0 Å². The van der Waals surface area contributed by atoms with Gasteiger partial charge in [0.25, 0.3) is 0 Å². The summed E-state index contributed by atoms with van der Waals surface area (Å²) in [5.41, 5.74) is 21.3. The van der Waals surface area contributed by atoms with Gasteiger partial charge < -0.3 is 94.0 Å². The number of ether oxygens (including phenoxy) is 1. The van der Waals surface area contributed by atoms with Gasteiger partial charge in [0, 0.05) is 78.5 Å². The predicted molar refractivity (Wildman–Crippen MR) is 650 cm³/mol. The highest BCUT2D eigenvalue weighted by Gasteiger charge is 2.13. The Labute approximate surface area is 897 Å². The summed E-state index contributed by atoms with van der Waals surface area (Å²) in [5, 5.41) is 49.4. The molecule has 0 heterocycles. The highest BCUT2D eigenvalue weighted by molar-refractivity contribution is 5.76. The Morgan fingerprint density at radius 3 is 0.866 bits per heavy atom. The summed E-state index contributed by atoms with van der Waals surface area (Å²) in [4.78, 5) is 43.1. The number of hydrogen-bond donors (Lipinski definition) is 13. The number of methoxy groups -OCH3 is 1. The zero-order chi connectivity index (χ0) is 117. The second kappa shape index (κ2) is 158. The molecule has 0 saturated carbocycles. The van der Waals surface area contributed by atoms with Gasteiger partial charge in [-0.1, -0.05) is 343 Å². The largest absolute Gasteiger partial charge is 0.396 e. The van der Waals surface area contributed by atoms with Gasteiger partial charge in [-0.25, -0.2) is 0 Å².